The van der Waals surface area contributed by atoms with Gasteiger partial charge in [-0.3, -0.25) is 9.69 Å². The second-order valence-electron chi connectivity index (χ2n) is 8.31. The second-order valence-corrected chi connectivity index (χ2v) is 9.40. The molecule has 2 heterocycles. The van der Waals surface area contributed by atoms with Gasteiger partial charge in [0, 0.05) is 29.3 Å². The van der Waals surface area contributed by atoms with Crippen LogP contribution in [0.1, 0.15) is 41.3 Å². The SMILES string of the molecule is CN1C(=O)[C@H](c2ccc(C(C)(F)F)cc2)[C@@](C)(c2ccc(-c3cccc(C#N)c3)s2)N=C1N. The van der Waals surface area contributed by atoms with Crippen molar-refractivity contribution >= 4 is 23.2 Å². The van der Waals surface area contributed by atoms with Gasteiger partial charge in [-0.25, -0.2) is 13.8 Å². The molecule has 0 unspecified atom stereocenters. The Morgan fingerprint density at radius 2 is 1.88 bits per heavy atom. The molecular weight excluding hydrogens is 442 g/mol. The molecule has 168 valence electrons. The van der Waals surface area contributed by atoms with Crippen LogP contribution in [-0.4, -0.2) is 23.8 Å². The third kappa shape index (κ3) is 4.00. The third-order valence-electron chi connectivity index (χ3n) is 5.96. The van der Waals surface area contributed by atoms with E-state index >= 15 is 0 Å². The first kappa shape index (κ1) is 22.6. The number of likely N-dealkylation sites (N-methyl/N-ethyl adjacent to an activating group) is 1. The van der Waals surface area contributed by atoms with Gasteiger partial charge in [-0.05, 0) is 42.3 Å². The molecule has 0 radical (unpaired) electrons. The Balaban J connectivity index is 1.81. The zero-order chi connectivity index (χ0) is 24.0. The summed E-state index contributed by atoms with van der Waals surface area (Å²) in [5.74, 6) is -3.89. The number of hydrogen-bond acceptors (Lipinski definition) is 5. The maximum Gasteiger partial charge on any atom is 0.270 e. The summed E-state index contributed by atoms with van der Waals surface area (Å²) in [6, 6.07) is 19.0. The highest BCUT2D eigenvalue weighted by Crippen LogP contribution is 2.47. The van der Waals surface area contributed by atoms with Crippen molar-refractivity contribution in [2.75, 3.05) is 7.05 Å². The van der Waals surface area contributed by atoms with E-state index < -0.39 is 17.4 Å². The van der Waals surface area contributed by atoms with Gasteiger partial charge in [0.25, 0.3) is 5.92 Å². The first-order chi connectivity index (χ1) is 15.5. The number of benzene rings is 2. The number of guanidine groups is 1. The second kappa shape index (κ2) is 8.09. The van der Waals surface area contributed by atoms with Crippen LogP contribution in [0, 0.1) is 11.3 Å². The molecule has 0 saturated carbocycles. The van der Waals surface area contributed by atoms with Gasteiger partial charge >= 0.3 is 0 Å². The van der Waals surface area contributed by atoms with Crippen molar-refractivity contribution in [2.45, 2.75) is 31.2 Å². The van der Waals surface area contributed by atoms with E-state index in [4.69, 9.17) is 10.7 Å². The van der Waals surface area contributed by atoms with Crippen LogP contribution < -0.4 is 5.73 Å². The van der Waals surface area contributed by atoms with Crippen LogP contribution in [0.15, 0.2) is 65.7 Å². The summed E-state index contributed by atoms with van der Waals surface area (Å²) in [7, 11) is 1.55. The summed E-state index contributed by atoms with van der Waals surface area (Å²) in [5.41, 5.74) is 6.95. The van der Waals surface area contributed by atoms with E-state index in [-0.39, 0.29) is 17.4 Å². The summed E-state index contributed by atoms with van der Waals surface area (Å²) < 4.78 is 27.4. The average molecular weight is 465 g/mol. The van der Waals surface area contributed by atoms with Crippen molar-refractivity contribution in [3.8, 4) is 16.5 Å². The van der Waals surface area contributed by atoms with Crippen LogP contribution in [-0.2, 0) is 16.3 Å². The van der Waals surface area contributed by atoms with Crippen molar-refractivity contribution in [1.29, 1.82) is 5.26 Å². The summed E-state index contributed by atoms with van der Waals surface area (Å²) >= 11 is 1.46. The quantitative estimate of drug-likeness (QED) is 0.577. The Morgan fingerprint density at radius 1 is 1.18 bits per heavy atom. The number of carbonyl (C=O) groups is 1. The lowest BCUT2D eigenvalue weighted by atomic mass is 9.77. The molecule has 3 aromatic rings. The number of aliphatic imine (C=N–C) groups is 1. The fraction of sp³-hybridized carbons (Fsp3) is 0.240. The minimum absolute atomic E-state index is 0.0943. The lowest BCUT2D eigenvalue weighted by molar-refractivity contribution is -0.130. The number of alkyl halides is 2. The topological polar surface area (TPSA) is 82.5 Å². The lowest BCUT2D eigenvalue weighted by Gasteiger charge is -2.40. The van der Waals surface area contributed by atoms with Gasteiger partial charge in [-0.15, -0.1) is 11.3 Å². The summed E-state index contributed by atoms with van der Waals surface area (Å²) in [4.78, 5) is 21.1. The van der Waals surface area contributed by atoms with Gasteiger partial charge in [0.15, 0.2) is 5.96 Å². The number of carbonyl (C=O) groups excluding carboxylic acids is 1. The monoisotopic (exact) mass is 464 g/mol. The number of nitrogens with zero attached hydrogens (tertiary/aromatic N) is 3. The van der Waals surface area contributed by atoms with E-state index in [1.165, 1.54) is 28.4 Å². The van der Waals surface area contributed by atoms with Crippen molar-refractivity contribution in [2.24, 2.45) is 10.7 Å². The van der Waals surface area contributed by atoms with Gasteiger partial charge in [0.2, 0.25) is 5.91 Å². The zero-order valence-corrected chi connectivity index (χ0v) is 19.2. The van der Waals surface area contributed by atoms with Crippen LogP contribution in [0.4, 0.5) is 8.78 Å². The third-order valence-corrected chi connectivity index (χ3v) is 7.32. The van der Waals surface area contributed by atoms with Crippen molar-refractivity contribution < 1.29 is 13.6 Å². The smallest absolute Gasteiger partial charge is 0.270 e. The summed E-state index contributed by atoms with van der Waals surface area (Å²) in [6.45, 7) is 2.67. The molecule has 8 heteroatoms. The first-order valence-corrected chi connectivity index (χ1v) is 11.1. The number of amides is 1. The fourth-order valence-corrected chi connectivity index (χ4v) is 5.19. The summed E-state index contributed by atoms with van der Waals surface area (Å²) in [6.07, 6.45) is 0. The molecule has 1 aliphatic heterocycles. The van der Waals surface area contributed by atoms with E-state index in [1.807, 2.05) is 31.2 Å². The minimum atomic E-state index is -2.97. The highest BCUT2D eigenvalue weighted by atomic mass is 32.1. The fourth-order valence-electron chi connectivity index (χ4n) is 4.06. The molecule has 33 heavy (non-hydrogen) atoms. The molecule has 5 nitrogen and oxygen atoms in total. The van der Waals surface area contributed by atoms with E-state index in [0.717, 1.165) is 22.2 Å². The van der Waals surface area contributed by atoms with Crippen LogP contribution in [0.25, 0.3) is 10.4 Å². The minimum Gasteiger partial charge on any atom is -0.369 e. The number of nitriles is 1. The molecule has 4 rings (SSSR count). The number of rotatable bonds is 4. The van der Waals surface area contributed by atoms with Crippen LogP contribution >= 0.6 is 11.3 Å². The molecule has 2 atom stereocenters. The standard InChI is InChI=1S/C25H22F2N4OS/c1-24(20-12-11-19(33-20)17-6-4-5-15(13-17)14-28)21(22(32)31(3)23(29)30-24)16-7-9-18(10-8-16)25(2,26)27/h4-13,21H,1-3H3,(H2,29,30)/t21-,24+/m0/s1. The molecule has 2 aromatic carbocycles. The Labute approximate surface area is 194 Å². The van der Waals surface area contributed by atoms with Crippen molar-refractivity contribution in [3.05, 3.63) is 82.2 Å². The lowest BCUT2D eigenvalue weighted by Crippen LogP contribution is -2.52. The van der Waals surface area contributed by atoms with E-state index in [1.54, 1.807) is 31.3 Å². The van der Waals surface area contributed by atoms with Crippen molar-refractivity contribution in [1.82, 2.24) is 4.90 Å². The molecule has 0 spiro atoms. The molecule has 0 bridgehead atoms. The molecule has 0 fully saturated rings. The number of halogens is 2. The van der Waals surface area contributed by atoms with E-state index in [9.17, 15) is 18.8 Å². The largest absolute Gasteiger partial charge is 0.369 e. The number of hydrogen-bond donors (Lipinski definition) is 1. The Kier molecular flexibility index (Phi) is 5.54. The number of thiophene rings is 1. The van der Waals surface area contributed by atoms with Crippen LogP contribution in [0.2, 0.25) is 0 Å². The predicted octanol–water partition coefficient (Wildman–Crippen LogP) is 5.18. The molecule has 1 aromatic heterocycles. The predicted molar refractivity (Wildman–Crippen MR) is 125 cm³/mol. The average Bonchev–Trinajstić information content (AvgIpc) is 3.29. The van der Waals surface area contributed by atoms with Gasteiger partial charge < -0.3 is 5.73 Å². The Hall–Kier alpha value is -3.57. The van der Waals surface area contributed by atoms with Gasteiger partial charge in [0.05, 0.1) is 17.6 Å². The number of nitrogens with two attached hydrogens (primary N) is 1. The maximum absolute atomic E-state index is 13.7. The molecular formula is C25H22F2N4OS. The van der Waals surface area contributed by atoms with E-state index in [2.05, 4.69) is 6.07 Å². The zero-order valence-electron chi connectivity index (χ0n) is 18.3. The molecule has 1 amide bonds. The molecule has 0 saturated heterocycles. The first-order valence-electron chi connectivity index (χ1n) is 10.3. The van der Waals surface area contributed by atoms with E-state index in [0.29, 0.717) is 11.1 Å². The Bertz CT molecular complexity index is 1290. The highest BCUT2D eigenvalue weighted by molar-refractivity contribution is 7.15. The molecule has 2 N–H and O–H groups in total. The van der Waals surface area contributed by atoms with Gasteiger partial charge in [-0.1, -0.05) is 36.4 Å². The highest BCUT2D eigenvalue weighted by Gasteiger charge is 2.48. The van der Waals surface area contributed by atoms with Crippen LogP contribution in [0.3, 0.4) is 0 Å². The normalized spacial score (nSPS) is 21.0. The van der Waals surface area contributed by atoms with Gasteiger partial charge in [-0.2, -0.15) is 5.26 Å². The Morgan fingerprint density at radius 3 is 2.52 bits per heavy atom. The molecule has 1 aliphatic rings. The van der Waals surface area contributed by atoms with Crippen LogP contribution in [0.5, 0.6) is 0 Å². The maximum atomic E-state index is 13.7. The molecule has 0 aliphatic carbocycles. The van der Waals surface area contributed by atoms with Crippen molar-refractivity contribution in [3.63, 3.8) is 0 Å². The van der Waals surface area contributed by atoms with Gasteiger partial charge in [0.1, 0.15) is 5.54 Å². The summed E-state index contributed by atoms with van der Waals surface area (Å²) in [5, 5.41) is 9.21.